The summed E-state index contributed by atoms with van der Waals surface area (Å²) in [5.74, 6) is -3.04. The van der Waals surface area contributed by atoms with E-state index < -0.39 is 17.9 Å². The maximum atomic E-state index is 12.4. The molecule has 0 bridgehead atoms. The lowest BCUT2D eigenvalue weighted by Crippen LogP contribution is -2.33. The molecule has 134 valence electrons. The van der Waals surface area contributed by atoms with Gasteiger partial charge in [0.25, 0.3) is 0 Å². The van der Waals surface area contributed by atoms with Crippen molar-refractivity contribution in [3.63, 3.8) is 0 Å². The number of carboxylic acid groups (broad SMARTS) is 1. The van der Waals surface area contributed by atoms with Crippen LogP contribution in [0, 0.1) is 0 Å². The lowest BCUT2D eigenvalue weighted by Gasteiger charge is -2.29. The van der Waals surface area contributed by atoms with Gasteiger partial charge in [-0.3, -0.25) is 0 Å². The van der Waals surface area contributed by atoms with Gasteiger partial charge in [0.2, 0.25) is 0 Å². The minimum atomic E-state index is -1.23. The van der Waals surface area contributed by atoms with Gasteiger partial charge in [0.1, 0.15) is 11.0 Å². The van der Waals surface area contributed by atoms with Crippen molar-refractivity contribution >= 4 is 29.2 Å². The molecule has 26 heavy (non-hydrogen) atoms. The van der Waals surface area contributed by atoms with Crippen molar-refractivity contribution in [1.29, 1.82) is 0 Å². The van der Waals surface area contributed by atoms with E-state index in [4.69, 9.17) is 14.6 Å². The molecule has 1 aromatic heterocycles. The van der Waals surface area contributed by atoms with Crippen LogP contribution < -0.4 is 5.32 Å². The van der Waals surface area contributed by atoms with Gasteiger partial charge in [-0.2, -0.15) is 0 Å². The minimum Gasteiger partial charge on any atom is -0.478 e. The Bertz CT molecular complexity index is 988. The molecule has 3 rings (SSSR count). The molecular formula is C16H14N4O6. The van der Waals surface area contributed by atoms with E-state index in [0.717, 1.165) is 6.21 Å². The molecule has 1 atom stereocenters. The predicted molar refractivity (Wildman–Crippen MR) is 87.3 cm³/mol. The van der Waals surface area contributed by atoms with Crippen LogP contribution in [0.4, 0.5) is 0 Å². The molecule has 0 spiro atoms. The van der Waals surface area contributed by atoms with E-state index in [0.29, 0.717) is 16.6 Å². The number of carbonyl (C=O) groups is 2. The summed E-state index contributed by atoms with van der Waals surface area (Å²) in [5.41, 5.74) is 1.39. The summed E-state index contributed by atoms with van der Waals surface area (Å²) in [4.78, 5) is 24.4. The molecule has 10 nitrogen and oxygen atoms in total. The number of allylic oxidation sites excluding steroid dienone is 2. The van der Waals surface area contributed by atoms with Crippen LogP contribution in [0.5, 0.6) is 0 Å². The summed E-state index contributed by atoms with van der Waals surface area (Å²) in [6.07, 6.45) is 1.00. The standard InChI is InChI=1S/C16H14N4O6/c1-7-11(15(21)22)12(8-4-3-5-9-14(8)20-26-19-9)13(16(23)25-2)10(18-7)6-17-24/h3-6,12,18,24H,1-2H3,(H,21,22)/b17-6-. The number of rotatable bonds is 4. The molecule has 3 N–H and O–H groups in total. The van der Waals surface area contributed by atoms with Crippen LogP contribution in [-0.4, -0.2) is 45.9 Å². The van der Waals surface area contributed by atoms with Crippen LogP contribution in [-0.2, 0) is 14.3 Å². The second-order valence-electron chi connectivity index (χ2n) is 5.44. The summed E-state index contributed by atoms with van der Waals surface area (Å²) in [7, 11) is 1.17. The second-order valence-corrected chi connectivity index (χ2v) is 5.44. The van der Waals surface area contributed by atoms with E-state index in [-0.39, 0.29) is 22.5 Å². The number of fused-ring (bicyclic) bond motifs is 1. The van der Waals surface area contributed by atoms with Gasteiger partial charge in [-0.25, -0.2) is 14.2 Å². The summed E-state index contributed by atoms with van der Waals surface area (Å²) in [5, 5.41) is 31.9. The lowest BCUT2D eigenvalue weighted by molar-refractivity contribution is -0.136. The monoisotopic (exact) mass is 358 g/mol. The van der Waals surface area contributed by atoms with Crippen LogP contribution in [0.3, 0.4) is 0 Å². The van der Waals surface area contributed by atoms with Crippen LogP contribution in [0.15, 0.2) is 50.5 Å². The molecular weight excluding hydrogens is 344 g/mol. The van der Waals surface area contributed by atoms with Crippen molar-refractivity contribution in [2.24, 2.45) is 5.16 Å². The van der Waals surface area contributed by atoms with E-state index in [1.54, 1.807) is 18.2 Å². The number of hydrogen-bond donors (Lipinski definition) is 3. The first-order chi connectivity index (χ1) is 12.5. The molecule has 0 aliphatic carbocycles. The number of carbonyl (C=O) groups excluding carboxylic acids is 1. The first-order valence-electron chi connectivity index (χ1n) is 7.41. The number of aliphatic carboxylic acids is 1. The minimum absolute atomic E-state index is 0.0381. The van der Waals surface area contributed by atoms with Crippen LogP contribution in [0.1, 0.15) is 18.4 Å². The molecule has 0 saturated carbocycles. The van der Waals surface area contributed by atoms with Gasteiger partial charge < -0.3 is 20.4 Å². The first-order valence-corrected chi connectivity index (χ1v) is 7.41. The highest BCUT2D eigenvalue weighted by Gasteiger charge is 2.39. The molecule has 2 heterocycles. The number of oxime groups is 1. The zero-order chi connectivity index (χ0) is 18.8. The zero-order valence-electron chi connectivity index (χ0n) is 13.8. The molecule has 1 unspecified atom stereocenters. The van der Waals surface area contributed by atoms with Crippen molar-refractivity contribution in [3.8, 4) is 0 Å². The van der Waals surface area contributed by atoms with Gasteiger partial charge in [0, 0.05) is 5.70 Å². The van der Waals surface area contributed by atoms with Gasteiger partial charge in [0.15, 0.2) is 0 Å². The largest absolute Gasteiger partial charge is 0.478 e. The van der Waals surface area contributed by atoms with Crippen LogP contribution in [0.25, 0.3) is 11.0 Å². The lowest BCUT2D eigenvalue weighted by atomic mass is 9.80. The van der Waals surface area contributed by atoms with Crippen molar-refractivity contribution in [3.05, 3.63) is 46.3 Å². The molecule has 0 fully saturated rings. The fourth-order valence-electron chi connectivity index (χ4n) is 3.01. The highest BCUT2D eigenvalue weighted by Crippen LogP contribution is 2.40. The van der Waals surface area contributed by atoms with Gasteiger partial charge in [-0.05, 0) is 28.9 Å². The Morgan fingerprint density at radius 3 is 2.77 bits per heavy atom. The Labute approximate surface area is 146 Å². The molecule has 0 amide bonds. The number of dihydropyridines is 1. The molecule has 2 aromatic rings. The third-order valence-electron chi connectivity index (χ3n) is 4.04. The molecule has 1 aromatic carbocycles. The van der Waals surface area contributed by atoms with Crippen LogP contribution in [0.2, 0.25) is 0 Å². The average molecular weight is 358 g/mol. The smallest absolute Gasteiger partial charge is 0.336 e. The summed E-state index contributed by atoms with van der Waals surface area (Å²) in [6.45, 7) is 1.54. The topological polar surface area (TPSA) is 147 Å². The fourth-order valence-corrected chi connectivity index (χ4v) is 3.01. The number of carboxylic acids is 1. The SMILES string of the molecule is COC(=O)C1=C(/C=N\O)NC(C)=C(C(=O)O)C1c1cccc2nonc12. The zero-order valence-corrected chi connectivity index (χ0v) is 13.8. The third kappa shape index (κ3) is 2.66. The highest BCUT2D eigenvalue weighted by atomic mass is 16.6. The molecule has 10 heteroatoms. The Morgan fingerprint density at radius 2 is 2.12 bits per heavy atom. The van der Waals surface area contributed by atoms with Crippen molar-refractivity contribution in [2.75, 3.05) is 7.11 Å². The number of methoxy groups -OCH3 is 1. The molecule has 0 saturated heterocycles. The maximum Gasteiger partial charge on any atom is 0.336 e. The number of nitrogens with zero attached hydrogens (tertiary/aromatic N) is 3. The van der Waals surface area contributed by atoms with E-state index >= 15 is 0 Å². The molecule has 1 aliphatic heterocycles. The third-order valence-corrected chi connectivity index (χ3v) is 4.04. The number of nitrogens with one attached hydrogen (secondary N) is 1. The Balaban J connectivity index is 2.36. The number of esters is 1. The predicted octanol–water partition coefficient (Wildman–Crippen LogP) is 1.16. The fraction of sp³-hybridized carbons (Fsp3) is 0.188. The number of benzene rings is 1. The Hall–Kier alpha value is -3.69. The Kier molecular flexibility index (Phi) is 4.40. The summed E-state index contributed by atoms with van der Waals surface area (Å²) >= 11 is 0. The van der Waals surface area contributed by atoms with Gasteiger partial charge in [0.05, 0.1) is 36.1 Å². The van der Waals surface area contributed by atoms with E-state index in [2.05, 4.69) is 20.8 Å². The number of aromatic nitrogens is 2. The quantitative estimate of drug-likeness (QED) is 0.317. The van der Waals surface area contributed by atoms with Crippen molar-refractivity contribution in [2.45, 2.75) is 12.8 Å². The summed E-state index contributed by atoms with van der Waals surface area (Å²) in [6, 6.07) is 4.91. The van der Waals surface area contributed by atoms with Crippen molar-refractivity contribution < 1.29 is 29.3 Å². The Morgan fingerprint density at radius 1 is 1.35 bits per heavy atom. The highest BCUT2D eigenvalue weighted by molar-refractivity contribution is 6.04. The number of ether oxygens (including phenoxy) is 1. The molecule has 0 radical (unpaired) electrons. The maximum absolute atomic E-state index is 12.4. The summed E-state index contributed by atoms with van der Waals surface area (Å²) < 4.78 is 9.56. The average Bonchev–Trinajstić information content (AvgIpc) is 3.09. The van der Waals surface area contributed by atoms with Crippen LogP contribution >= 0.6 is 0 Å². The van der Waals surface area contributed by atoms with Gasteiger partial charge in [-0.1, -0.05) is 17.3 Å². The van der Waals surface area contributed by atoms with E-state index in [1.165, 1.54) is 14.0 Å². The second kappa shape index (κ2) is 6.67. The normalized spacial score (nSPS) is 17.7. The van der Waals surface area contributed by atoms with E-state index in [9.17, 15) is 14.7 Å². The first kappa shape index (κ1) is 17.1. The van der Waals surface area contributed by atoms with E-state index in [1.807, 2.05) is 0 Å². The molecule has 1 aliphatic rings. The number of hydrogen-bond acceptors (Lipinski definition) is 9. The van der Waals surface area contributed by atoms with Gasteiger partial charge in [-0.15, -0.1) is 0 Å². The van der Waals surface area contributed by atoms with Gasteiger partial charge >= 0.3 is 11.9 Å². The van der Waals surface area contributed by atoms with Crippen molar-refractivity contribution in [1.82, 2.24) is 15.6 Å².